The topological polar surface area (TPSA) is 124 Å². The number of pyridine rings is 1. The molecule has 0 saturated heterocycles. The molecular weight excluding hydrogens is 276 g/mol. The quantitative estimate of drug-likeness (QED) is 0.288. The van der Waals surface area contributed by atoms with Crippen LogP contribution in [0.25, 0.3) is 0 Å². The van der Waals surface area contributed by atoms with E-state index in [1.165, 1.54) is 12.3 Å². The molecule has 3 N–H and O–H groups in total. The van der Waals surface area contributed by atoms with Gasteiger partial charge >= 0.3 is 5.69 Å². The van der Waals surface area contributed by atoms with Crippen LogP contribution >= 0.6 is 0 Å². The largest absolute Gasteiger partial charge is 0.469 e. The highest BCUT2D eigenvalue weighted by Gasteiger charge is 2.25. The van der Waals surface area contributed by atoms with Crippen molar-refractivity contribution in [2.24, 2.45) is 16.8 Å². The lowest BCUT2D eigenvalue weighted by atomic mass is 9.89. The van der Waals surface area contributed by atoms with E-state index < -0.39 is 4.92 Å². The van der Waals surface area contributed by atoms with Crippen LogP contribution in [0.5, 0.6) is 5.88 Å². The monoisotopic (exact) mass is 294 g/mol. The molecule has 1 heterocycles. The number of hydrogen-bond donors (Lipinski definition) is 2. The van der Waals surface area contributed by atoms with E-state index in [9.17, 15) is 10.1 Å². The van der Waals surface area contributed by atoms with Crippen molar-refractivity contribution in [1.82, 2.24) is 4.98 Å². The molecule has 1 saturated carbocycles. The van der Waals surface area contributed by atoms with Crippen molar-refractivity contribution in [3.05, 3.63) is 27.9 Å². The van der Waals surface area contributed by atoms with E-state index in [0.29, 0.717) is 5.92 Å². The zero-order valence-electron chi connectivity index (χ0n) is 11.7. The summed E-state index contributed by atoms with van der Waals surface area (Å²) in [5.41, 5.74) is 5.31. The van der Waals surface area contributed by atoms with Gasteiger partial charge in [0, 0.05) is 17.8 Å². The predicted octanol–water partition coefficient (Wildman–Crippen LogP) is 2.04. The number of nitrogens with two attached hydrogens (primary N) is 1. The number of rotatable bonds is 4. The van der Waals surface area contributed by atoms with Crippen LogP contribution in [0.15, 0.2) is 17.4 Å². The Balaban J connectivity index is 2.24. The van der Waals surface area contributed by atoms with E-state index in [0.717, 1.165) is 25.7 Å². The normalized spacial score (nSPS) is 22.8. The molecule has 1 aromatic rings. The van der Waals surface area contributed by atoms with Crippen molar-refractivity contribution in [1.29, 1.82) is 0 Å². The minimum absolute atomic E-state index is 0.0198. The maximum atomic E-state index is 11.1. The van der Waals surface area contributed by atoms with Gasteiger partial charge in [0.25, 0.3) is 5.88 Å². The van der Waals surface area contributed by atoms with Gasteiger partial charge in [-0.1, -0.05) is 18.5 Å². The van der Waals surface area contributed by atoms with Crippen LogP contribution in [-0.4, -0.2) is 27.1 Å². The molecule has 1 fully saturated rings. The van der Waals surface area contributed by atoms with Gasteiger partial charge in [0.15, 0.2) is 5.84 Å². The molecule has 1 aliphatic carbocycles. The van der Waals surface area contributed by atoms with Gasteiger partial charge in [0.2, 0.25) is 0 Å². The third kappa shape index (κ3) is 3.59. The lowest BCUT2D eigenvalue weighted by Gasteiger charge is -2.26. The van der Waals surface area contributed by atoms with Crippen LogP contribution in [-0.2, 0) is 0 Å². The number of nitro groups is 1. The third-order valence-corrected chi connectivity index (χ3v) is 3.60. The van der Waals surface area contributed by atoms with Gasteiger partial charge < -0.3 is 15.7 Å². The minimum Gasteiger partial charge on any atom is -0.469 e. The molecule has 114 valence electrons. The van der Waals surface area contributed by atoms with E-state index in [1.807, 2.05) is 0 Å². The lowest BCUT2D eigenvalue weighted by Crippen LogP contribution is -2.25. The first-order valence-electron chi connectivity index (χ1n) is 6.80. The van der Waals surface area contributed by atoms with Gasteiger partial charge in [-0.15, -0.1) is 0 Å². The van der Waals surface area contributed by atoms with Gasteiger partial charge in [-0.05, 0) is 25.2 Å². The van der Waals surface area contributed by atoms with Crippen molar-refractivity contribution < 1.29 is 14.9 Å². The molecule has 0 aliphatic heterocycles. The highest BCUT2D eigenvalue weighted by molar-refractivity contribution is 5.97. The summed E-state index contributed by atoms with van der Waals surface area (Å²) in [5, 5.41) is 22.6. The smallest absolute Gasteiger partial charge is 0.331 e. The Hall–Kier alpha value is -2.38. The van der Waals surface area contributed by atoms with Crippen LogP contribution in [0.4, 0.5) is 5.69 Å². The highest BCUT2D eigenvalue weighted by atomic mass is 16.6. The number of amidine groups is 1. The molecule has 2 rings (SSSR count). The second-order valence-electron chi connectivity index (χ2n) is 5.30. The van der Waals surface area contributed by atoms with Gasteiger partial charge in [-0.25, -0.2) is 4.98 Å². The maximum absolute atomic E-state index is 11.1. The Kier molecular flexibility index (Phi) is 4.56. The lowest BCUT2D eigenvalue weighted by molar-refractivity contribution is -0.386. The molecule has 0 aromatic carbocycles. The Morgan fingerprint density at radius 3 is 3.00 bits per heavy atom. The van der Waals surface area contributed by atoms with Gasteiger partial charge in [0.1, 0.15) is 6.10 Å². The van der Waals surface area contributed by atoms with Crippen LogP contribution in [0.2, 0.25) is 0 Å². The number of oxime groups is 1. The van der Waals surface area contributed by atoms with Crippen LogP contribution in [0.3, 0.4) is 0 Å². The first kappa shape index (κ1) is 15.0. The fraction of sp³-hybridized carbons (Fsp3) is 0.538. The van der Waals surface area contributed by atoms with Crippen LogP contribution < -0.4 is 10.5 Å². The fourth-order valence-corrected chi connectivity index (χ4v) is 2.50. The van der Waals surface area contributed by atoms with Crippen molar-refractivity contribution in [3.8, 4) is 5.88 Å². The summed E-state index contributed by atoms with van der Waals surface area (Å²) in [6.07, 6.45) is 5.16. The average molecular weight is 294 g/mol. The fourth-order valence-electron chi connectivity index (χ4n) is 2.50. The zero-order chi connectivity index (χ0) is 15.4. The number of aromatic nitrogens is 1. The standard InChI is InChI=1S/C13H18N4O4/c1-8-3-2-4-10(5-8)21-13-11(17(19)20)6-9(7-15-13)12(14)16-18/h6-8,10,18H,2-5H2,1H3,(H2,14,16). The molecule has 1 aromatic heterocycles. The van der Waals surface area contributed by atoms with E-state index in [1.54, 1.807) is 0 Å². The maximum Gasteiger partial charge on any atom is 0.331 e. The summed E-state index contributed by atoms with van der Waals surface area (Å²) in [6, 6.07) is 1.20. The van der Waals surface area contributed by atoms with Gasteiger partial charge in [0.05, 0.1) is 4.92 Å². The number of nitrogens with zero attached hydrogens (tertiary/aromatic N) is 3. The minimum atomic E-state index is -0.581. The van der Waals surface area contributed by atoms with Crippen LogP contribution in [0, 0.1) is 16.0 Å². The van der Waals surface area contributed by atoms with Crippen LogP contribution in [0.1, 0.15) is 38.2 Å². The molecule has 21 heavy (non-hydrogen) atoms. The van der Waals surface area contributed by atoms with Crippen molar-refractivity contribution in [2.75, 3.05) is 0 Å². The second kappa shape index (κ2) is 6.38. The summed E-state index contributed by atoms with van der Waals surface area (Å²) < 4.78 is 5.69. The Bertz CT molecular complexity index is 561. The van der Waals surface area contributed by atoms with Crippen molar-refractivity contribution >= 4 is 11.5 Å². The zero-order valence-corrected chi connectivity index (χ0v) is 11.7. The van der Waals surface area contributed by atoms with E-state index >= 15 is 0 Å². The predicted molar refractivity (Wildman–Crippen MR) is 75.5 cm³/mol. The molecule has 0 radical (unpaired) electrons. The SMILES string of the molecule is CC1CCCC(Oc2ncc(C(N)=NO)cc2[N+](=O)[O-])C1. The summed E-state index contributed by atoms with van der Waals surface area (Å²) in [6.45, 7) is 2.14. The Labute approximate surface area is 121 Å². The summed E-state index contributed by atoms with van der Waals surface area (Å²) in [7, 11) is 0. The third-order valence-electron chi connectivity index (χ3n) is 3.60. The molecule has 0 spiro atoms. The highest BCUT2D eigenvalue weighted by Crippen LogP contribution is 2.31. The molecular formula is C13H18N4O4. The number of hydrogen-bond acceptors (Lipinski definition) is 6. The molecule has 2 unspecified atom stereocenters. The van der Waals surface area contributed by atoms with E-state index in [4.69, 9.17) is 15.7 Å². The van der Waals surface area contributed by atoms with Gasteiger partial charge in [-0.2, -0.15) is 0 Å². The molecule has 1 aliphatic rings. The van der Waals surface area contributed by atoms with E-state index in [-0.39, 0.29) is 29.1 Å². The molecule has 8 heteroatoms. The summed E-state index contributed by atoms with van der Waals surface area (Å²) >= 11 is 0. The molecule has 0 bridgehead atoms. The van der Waals surface area contributed by atoms with E-state index in [2.05, 4.69) is 17.1 Å². The molecule has 0 amide bonds. The average Bonchev–Trinajstić information content (AvgIpc) is 2.46. The van der Waals surface area contributed by atoms with Crippen molar-refractivity contribution in [3.63, 3.8) is 0 Å². The first-order chi connectivity index (χ1) is 10.0. The summed E-state index contributed by atoms with van der Waals surface area (Å²) in [5.74, 6) is 0.288. The molecule has 8 nitrogen and oxygen atoms in total. The van der Waals surface area contributed by atoms with Gasteiger partial charge in [-0.3, -0.25) is 10.1 Å². The Morgan fingerprint density at radius 2 is 2.38 bits per heavy atom. The summed E-state index contributed by atoms with van der Waals surface area (Å²) in [4.78, 5) is 14.5. The molecule has 2 atom stereocenters. The first-order valence-corrected chi connectivity index (χ1v) is 6.80. The number of ether oxygens (including phenoxy) is 1. The second-order valence-corrected chi connectivity index (χ2v) is 5.30. The van der Waals surface area contributed by atoms with Crippen molar-refractivity contribution in [2.45, 2.75) is 38.7 Å². The Morgan fingerprint density at radius 1 is 1.62 bits per heavy atom.